The number of aromatic nitrogens is 2. The molecule has 1 aromatic carbocycles. The van der Waals surface area contributed by atoms with Gasteiger partial charge in [-0.05, 0) is 17.7 Å². The molecule has 0 fully saturated rings. The van der Waals surface area contributed by atoms with E-state index >= 15 is 0 Å². The van der Waals surface area contributed by atoms with Crippen LogP contribution in [0.4, 0.5) is 0 Å². The van der Waals surface area contributed by atoms with Gasteiger partial charge in [-0.1, -0.05) is 35.1 Å². The molecule has 0 radical (unpaired) electrons. The molecule has 92 valence electrons. The first-order valence-electron chi connectivity index (χ1n) is 5.26. The number of rotatable bonds is 4. The van der Waals surface area contributed by atoms with Crippen molar-refractivity contribution >= 4 is 17.6 Å². The number of oxime groups is 1. The molecule has 0 aliphatic carbocycles. The van der Waals surface area contributed by atoms with Gasteiger partial charge in [0.25, 0.3) is 0 Å². The topological polar surface area (TPSA) is 84.4 Å². The average Bonchev–Trinajstić information content (AvgIpc) is 2.45. The molecule has 2 aromatic rings. The Balaban J connectivity index is 2.06. The van der Waals surface area contributed by atoms with Crippen LogP contribution in [0.15, 0.2) is 53.0 Å². The summed E-state index contributed by atoms with van der Waals surface area (Å²) in [5.41, 5.74) is 7.30. The van der Waals surface area contributed by atoms with Gasteiger partial charge in [0.15, 0.2) is 11.0 Å². The van der Waals surface area contributed by atoms with E-state index in [1.165, 1.54) is 11.8 Å². The van der Waals surface area contributed by atoms with E-state index in [1.54, 1.807) is 24.5 Å². The van der Waals surface area contributed by atoms with E-state index < -0.39 is 0 Å². The highest BCUT2D eigenvalue weighted by Crippen LogP contribution is 2.18. The van der Waals surface area contributed by atoms with Gasteiger partial charge in [-0.2, -0.15) is 0 Å². The van der Waals surface area contributed by atoms with Crippen LogP contribution in [-0.2, 0) is 5.75 Å². The van der Waals surface area contributed by atoms with E-state index in [2.05, 4.69) is 15.1 Å². The maximum absolute atomic E-state index is 8.62. The second-order valence-corrected chi connectivity index (χ2v) is 4.45. The molecular weight excluding hydrogens is 248 g/mol. The molecule has 0 spiro atoms. The minimum atomic E-state index is 0.109. The quantitative estimate of drug-likeness (QED) is 0.219. The lowest BCUT2D eigenvalue weighted by atomic mass is 10.1. The molecule has 0 aliphatic rings. The van der Waals surface area contributed by atoms with E-state index in [0.29, 0.717) is 5.56 Å². The van der Waals surface area contributed by atoms with Crippen LogP contribution in [0, 0.1) is 0 Å². The normalized spacial score (nSPS) is 11.4. The van der Waals surface area contributed by atoms with Crippen LogP contribution in [0.25, 0.3) is 0 Å². The fourth-order valence-electron chi connectivity index (χ4n) is 1.39. The summed E-state index contributed by atoms with van der Waals surface area (Å²) in [5, 5.41) is 12.3. The molecule has 18 heavy (non-hydrogen) atoms. The van der Waals surface area contributed by atoms with Crippen molar-refractivity contribution in [1.29, 1.82) is 0 Å². The summed E-state index contributed by atoms with van der Waals surface area (Å²) in [5.74, 6) is 0.842. The number of nitrogens with two attached hydrogens (primary N) is 1. The smallest absolute Gasteiger partial charge is 0.187 e. The van der Waals surface area contributed by atoms with Gasteiger partial charge >= 0.3 is 0 Å². The Labute approximate surface area is 109 Å². The average molecular weight is 260 g/mol. The SMILES string of the molecule is N/C(=N\O)c1cccc(CSc2ncccn2)c1. The Hall–Kier alpha value is -2.08. The lowest BCUT2D eigenvalue weighted by Gasteiger charge is -2.03. The van der Waals surface area contributed by atoms with Gasteiger partial charge in [0, 0.05) is 23.7 Å². The molecule has 1 heterocycles. The lowest BCUT2D eigenvalue weighted by Crippen LogP contribution is -2.13. The standard InChI is InChI=1S/C12H12N4OS/c13-11(16-17)10-4-1-3-9(7-10)8-18-12-14-5-2-6-15-12/h1-7,17H,8H2,(H2,13,16). The highest BCUT2D eigenvalue weighted by atomic mass is 32.2. The van der Waals surface area contributed by atoms with E-state index in [1.807, 2.05) is 18.2 Å². The molecule has 0 bridgehead atoms. The van der Waals surface area contributed by atoms with Crippen LogP contribution in [0.3, 0.4) is 0 Å². The third-order valence-electron chi connectivity index (χ3n) is 2.24. The van der Waals surface area contributed by atoms with Crippen LogP contribution in [0.1, 0.15) is 11.1 Å². The summed E-state index contributed by atoms with van der Waals surface area (Å²) in [6.45, 7) is 0. The highest BCUT2D eigenvalue weighted by molar-refractivity contribution is 7.98. The van der Waals surface area contributed by atoms with E-state index in [4.69, 9.17) is 10.9 Å². The highest BCUT2D eigenvalue weighted by Gasteiger charge is 2.02. The number of thioether (sulfide) groups is 1. The molecule has 5 nitrogen and oxygen atoms in total. The molecule has 1 aromatic heterocycles. The van der Waals surface area contributed by atoms with Gasteiger partial charge in [0.1, 0.15) is 0 Å². The van der Waals surface area contributed by atoms with Crippen LogP contribution >= 0.6 is 11.8 Å². The Bertz CT molecular complexity index is 545. The first-order valence-corrected chi connectivity index (χ1v) is 6.25. The van der Waals surface area contributed by atoms with Crippen molar-refractivity contribution in [3.8, 4) is 0 Å². The first-order chi connectivity index (χ1) is 8.79. The summed E-state index contributed by atoms with van der Waals surface area (Å²) in [7, 11) is 0. The molecule has 0 amide bonds. The first kappa shape index (κ1) is 12.4. The van der Waals surface area contributed by atoms with Crippen molar-refractivity contribution in [2.24, 2.45) is 10.9 Å². The summed E-state index contributed by atoms with van der Waals surface area (Å²) in [4.78, 5) is 8.26. The maximum atomic E-state index is 8.62. The Kier molecular flexibility index (Phi) is 4.14. The summed E-state index contributed by atoms with van der Waals surface area (Å²) in [6, 6.07) is 9.30. The van der Waals surface area contributed by atoms with Gasteiger partial charge in [0.05, 0.1) is 0 Å². The Morgan fingerprint density at radius 2 is 2.06 bits per heavy atom. The number of hydrogen-bond acceptors (Lipinski definition) is 5. The van der Waals surface area contributed by atoms with E-state index in [9.17, 15) is 0 Å². The van der Waals surface area contributed by atoms with Crippen LogP contribution in [0.5, 0.6) is 0 Å². The number of nitrogens with zero attached hydrogens (tertiary/aromatic N) is 3. The molecule has 0 saturated heterocycles. The molecular formula is C12H12N4OS. The van der Waals surface area contributed by atoms with Crippen molar-refractivity contribution in [3.63, 3.8) is 0 Å². The lowest BCUT2D eigenvalue weighted by molar-refractivity contribution is 0.318. The largest absolute Gasteiger partial charge is 0.409 e. The second kappa shape index (κ2) is 6.02. The monoisotopic (exact) mass is 260 g/mol. The minimum Gasteiger partial charge on any atom is -0.409 e. The Morgan fingerprint density at radius 3 is 2.78 bits per heavy atom. The predicted octanol–water partition coefficient (Wildman–Crippen LogP) is 1.86. The fraction of sp³-hybridized carbons (Fsp3) is 0.0833. The molecule has 0 unspecified atom stereocenters. The minimum absolute atomic E-state index is 0.109. The third kappa shape index (κ3) is 3.21. The molecule has 0 aliphatic heterocycles. The van der Waals surface area contributed by atoms with E-state index in [0.717, 1.165) is 16.5 Å². The number of benzene rings is 1. The van der Waals surface area contributed by atoms with Crippen LogP contribution in [-0.4, -0.2) is 21.0 Å². The Morgan fingerprint density at radius 1 is 1.28 bits per heavy atom. The fourth-order valence-corrected chi connectivity index (χ4v) is 2.13. The number of hydrogen-bond donors (Lipinski definition) is 2. The molecule has 0 atom stereocenters. The zero-order chi connectivity index (χ0) is 12.8. The maximum Gasteiger partial charge on any atom is 0.187 e. The van der Waals surface area contributed by atoms with Crippen molar-refractivity contribution in [2.45, 2.75) is 10.9 Å². The van der Waals surface area contributed by atoms with Gasteiger partial charge in [0.2, 0.25) is 0 Å². The zero-order valence-corrected chi connectivity index (χ0v) is 10.3. The second-order valence-electron chi connectivity index (χ2n) is 3.51. The van der Waals surface area contributed by atoms with Crippen molar-refractivity contribution in [3.05, 3.63) is 53.9 Å². The van der Waals surface area contributed by atoms with Crippen molar-refractivity contribution in [2.75, 3.05) is 0 Å². The van der Waals surface area contributed by atoms with Gasteiger partial charge in [-0.3, -0.25) is 0 Å². The van der Waals surface area contributed by atoms with Crippen LogP contribution in [0.2, 0.25) is 0 Å². The van der Waals surface area contributed by atoms with Crippen molar-refractivity contribution in [1.82, 2.24) is 9.97 Å². The molecule has 6 heteroatoms. The van der Waals surface area contributed by atoms with Crippen LogP contribution < -0.4 is 5.73 Å². The summed E-state index contributed by atoms with van der Waals surface area (Å²) >= 11 is 1.54. The molecule has 0 saturated carbocycles. The molecule has 2 rings (SSSR count). The predicted molar refractivity (Wildman–Crippen MR) is 70.5 cm³/mol. The molecule has 3 N–H and O–H groups in total. The van der Waals surface area contributed by atoms with Gasteiger partial charge < -0.3 is 10.9 Å². The third-order valence-corrected chi connectivity index (χ3v) is 3.19. The van der Waals surface area contributed by atoms with Gasteiger partial charge in [-0.25, -0.2) is 9.97 Å². The van der Waals surface area contributed by atoms with Crippen molar-refractivity contribution < 1.29 is 5.21 Å². The summed E-state index contributed by atoms with van der Waals surface area (Å²) in [6.07, 6.45) is 3.42. The summed E-state index contributed by atoms with van der Waals surface area (Å²) < 4.78 is 0. The zero-order valence-electron chi connectivity index (χ0n) is 9.52. The van der Waals surface area contributed by atoms with Gasteiger partial charge in [-0.15, -0.1) is 0 Å². The van der Waals surface area contributed by atoms with E-state index in [-0.39, 0.29) is 5.84 Å². The number of amidine groups is 1.